The van der Waals surface area contributed by atoms with E-state index >= 15 is 0 Å². The summed E-state index contributed by atoms with van der Waals surface area (Å²) in [6.45, 7) is 10.6. The zero-order valence-corrected chi connectivity index (χ0v) is 10.9. The predicted octanol–water partition coefficient (Wildman–Crippen LogP) is 3.64. The second-order valence-electron chi connectivity index (χ2n) is 5.50. The molecule has 1 aliphatic heterocycles. The summed E-state index contributed by atoms with van der Waals surface area (Å²) < 4.78 is 0. The van der Waals surface area contributed by atoms with Crippen molar-refractivity contribution < 1.29 is 0 Å². The van der Waals surface area contributed by atoms with Crippen LogP contribution in [0.3, 0.4) is 0 Å². The average Bonchev–Trinajstić information content (AvgIpc) is 2.73. The van der Waals surface area contributed by atoms with Gasteiger partial charge in [0.15, 0.2) is 0 Å². The number of thiophene rings is 1. The molecule has 0 N–H and O–H groups in total. The van der Waals surface area contributed by atoms with Crippen molar-refractivity contribution >= 4 is 11.3 Å². The molecule has 0 saturated carbocycles. The summed E-state index contributed by atoms with van der Waals surface area (Å²) >= 11 is 1.98. The SMILES string of the molecule is CC(C)(C)c1ccc(CN2CCCC2)s1. The maximum absolute atomic E-state index is 2.57. The summed E-state index contributed by atoms with van der Waals surface area (Å²) in [5.74, 6) is 0. The standard InChI is InChI=1S/C13H21NS/c1-13(2,3)12-7-6-11(15-12)10-14-8-4-5-9-14/h6-7H,4-5,8-10H2,1-3H3. The van der Waals surface area contributed by atoms with Gasteiger partial charge in [-0.05, 0) is 43.5 Å². The van der Waals surface area contributed by atoms with E-state index in [0.717, 1.165) is 0 Å². The first-order valence-electron chi connectivity index (χ1n) is 5.87. The molecule has 0 radical (unpaired) electrons. The van der Waals surface area contributed by atoms with Gasteiger partial charge in [0.05, 0.1) is 0 Å². The Labute approximate surface area is 97.1 Å². The molecule has 0 spiro atoms. The summed E-state index contributed by atoms with van der Waals surface area (Å²) in [4.78, 5) is 5.61. The number of likely N-dealkylation sites (tertiary alicyclic amines) is 1. The topological polar surface area (TPSA) is 3.24 Å². The maximum atomic E-state index is 2.57. The van der Waals surface area contributed by atoms with Crippen molar-refractivity contribution in [3.63, 3.8) is 0 Å². The number of hydrogen-bond acceptors (Lipinski definition) is 2. The Hall–Kier alpha value is -0.340. The molecule has 15 heavy (non-hydrogen) atoms. The third-order valence-corrected chi connectivity index (χ3v) is 4.47. The van der Waals surface area contributed by atoms with Gasteiger partial charge in [-0.15, -0.1) is 11.3 Å². The Morgan fingerprint density at radius 2 is 1.87 bits per heavy atom. The van der Waals surface area contributed by atoms with E-state index in [1.165, 1.54) is 42.2 Å². The minimum absolute atomic E-state index is 0.313. The average molecular weight is 223 g/mol. The molecule has 0 amide bonds. The molecular formula is C13H21NS. The van der Waals surface area contributed by atoms with Crippen LogP contribution in [0.1, 0.15) is 43.4 Å². The zero-order valence-electron chi connectivity index (χ0n) is 10.0. The molecule has 2 rings (SSSR count). The lowest BCUT2D eigenvalue weighted by atomic mass is 9.95. The summed E-state index contributed by atoms with van der Waals surface area (Å²) in [7, 11) is 0. The van der Waals surface area contributed by atoms with Crippen molar-refractivity contribution in [1.82, 2.24) is 4.90 Å². The van der Waals surface area contributed by atoms with Crippen molar-refractivity contribution in [2.75, 3.05) is 13.1 Å². The van der Waals surface area contributed by atoms with Crippen LogP contribution in [-0.4, -0.2) is 18.0 Å². The largest absolute Gasteiger partial charge is 0.298 e. The van der Waals surface area contributed by atoms with Crippen LogP contribution < -0.4 is 0 Å². The summed E-state index contributed by atoms with van der Waals surface area (Å²) in [5.41, 5.74) is 0.313. The van der Waals surface area contributed by atoms with E-state index in [1.54, 1.807) is 0 Å². The predicted molar refractivity (Wildman–Crippen MR) is 67.5 cm³/mol. The van der Waals surface area contributed by atoms with E-state index in [1.807, 2.05) is 11.3 Å². The molecule has 0 atom stereocenters. The van der Waals surface area contributed by atoms with Gasteiger partial charge in [0.25, 0.3) is 0 Å². The van der Waals surface area contributed by atoms with E-state index in [2.05, 4.69) is 37.8 Å². The van der Waals surface area contributed by atoms with Crippen LogP contribution >= 0.6 is 11.3 Å². The van der Waals surface area contributed by atoms with Crippen LogP contribution in [0, 0.1) is 0 Å². The van der Waals surface area contributed by atoms with E-state index in [0.29, 0.717) is 5.41 Å². The van der Waals surface area contributed by atoms with Crippen LogP contribution in [-0.2, 0) is 12.0 Å². The van der Waals surface area contributed by atoms with Gasteiger partial charge < -0.3 is 0 Å². The fourth-order valence-electron chi connectivity index (χ4n) is 2.03. The van der Waals surface area contributed by atoms with Crippen molar-refractivity contribution in [2.45, 2.75) is 45.6 Å². The highest BCUT2D eigenvalue weighted by Gasteiger charge is 2.17. The minimum Gasteiger partial charge on any atom is -0.298 e. The van der Waals surface area contributed by atoms with Crippen molar-refractivity contribution in [2.24, 2.45) is 0 Å². The van der Waals surface area contributed by atoms with Crippen LogP contribution in [0.2, 0.25) is 0 Å². The Kier molecular flexibility index (Phi) is 3.17. The molecule has 0 bridgehead atoms. The zero-order chi connectivity index (χ0) is 10.9. The number of nitrogens with zero attached hydrogens (tertiary/aromatic N) is 1. The third kappa shape index (κ3) is 2.82. The first-order valence-corrected chi connectivity index (χ1v) is 6.69. The Morgan fingerprint density at radius 1 is 1.20 bits per heavy atom. The summed E-state index contributed by atoms with van der Waals surface area (Å²) in [6, 6.07) is 4.61. The Balaban J connectivity index is 2.00. The van der Waals surface area contributed by atoms with E-state index < -0.39 is 0 Å². The van der Waals surface area contributed by atoms with Gasteiger partial charge >= 0.3 is 0 Å². The van der Waals surface area contributed by atoms with Crippen LogP contribution in [0.5, 0.6) is 0 Å². The lowest BCUT2D eigenvalue weighted by molar-refractivity contribution is 0.334. The molecule has 1 aromatic rings. The van der Waals surface area contributed by atoms with Gasteiger partial charge in [-0.2, -0.15) is 0 Å². The fourth-order valence-corrected chi connectivity index (χ4v) is 3.14. The van der Waals surface area contributed by atoms with Gasteiger partial charge in [0, 0.05) is 16.3 Å². The third-order valence-electron chi connectivity index (χ3n) is 2.98. The molecule has 0 aromatic carbocycles. The molecule has 0 aliphatic carbocycles. The summed E-state index contributed by atoms with van der Waals surface area (Å²) in [5, 5.41) is 0. The van der Waals surface area contributed by atoms with Gasteiger partial charge in [0.1, 0.15) is 0 Å². The molecule has 1 fully saturated rings. The molecule has 0 unspecified atom stereocenters. The quantitative estimate of drug-likeness (QED) is 0.740. The van der Waals surface area contributed by atoms with Gasteiger partial charge in [-0.1, -0.05) is 20.8 Å². The number of rotatable bonds is 2. The lowest BCUT2D eigenvalue weighted by Gasteiger charge is -2.16. The fraction of sp³-hybridized carbons (Fsp3) is 0.692. The highest BCUT2D eigenvalue weighted by atomic mass is 32.1. The summed E-state index contributed by atoms with van der Waals surface area (Å²) in [6.07, 6.45) is 2.77. The molecule has 1 aromatic heterocycles. The normalized spacial score (nSPS) is 18.6. The first-order chi connectivity index (χ1) is 7.05. The molecule has 1 aliphatic rings. The van der Waals surface area contributed by atoms with Crippen LogP contribution in [0.25, 0.3) is 0 Å². The Morgan fingerprint density at radius 3 is 2.40 bits per heavy atom. The molecule has 84 valence electrons. The minimum atomic E-state index is 0.313. The highest BCUT2D eigenvalue weighted by Crippen LogP contribution is 2.30. The Bertz CT molecular complexity index is 316. The van der Waals surface area contributed by atoms with Crippen LogP contribution in [0.4, 0.5) is 0 Å². The molecule has 1 saturated heterocycles. The van der Waals surface area contributed by atoms with Gasteiger partial charge in [-0.3, -0.25) is 4.90 Å². The molecule has 1 nitrogen and oxygen atoms in total. The molecule has 2 heterocycles. The van der Waals surface area contributed by atoms with Crippen molar-refractivity contribution in [1.29, 1.82) is 0 Å². The van der Waals surface area contributed by atoms with Gasteiger partial charge in [-0.25, -0.2) is 0 Å². The van der Waals surface area contributed by atoms with Crippen molar-refractivity contribution in [3.8, 4) is 0 Å². The molecular weight excluding hydrogens is 202 g/mol. The number of hydrogen-bond donors (Lipinski definition) is 0. The van der Waals surface area contributed by atoms with E-state index in [4.69, 9.17) is 0 Å². The highest BCUT2D eigenvalue weighted by molar-refractivity contribution is 7.12. The van der Waals surface area contributed by atoms with E-state index in [-0.39, 0.29) is 0 Å². The smallest absolute Gasteiger partial charge is 0.0328 e. The lowest BCUT2D eigenvalue weighted by Crippen LogP contribution is -2.17. The second kappa shape index (κ2) is 4.26. The van der Waals surface area contributed by atoms with Crippen LogP contribution in [0.15, 0.2) is 12.1 Å². The van der Waals surface area contributed by atoms with Crippen molar-refractivity contribution in [3.05, 3.63) is 21.9 Å². The van der Waals surface area contributed by atoms with Gasteiger partial charge in [0.2, 0.25) is 0 Å². The maximum Gasteiger partial charge on any atom is 0.0328 e. The second-order valence-corrected chi connectivity index (χ2v) is 6.67. The first kappa shape index (κ1) is 11.2. The monoisotopic (exact) mass is 223 g/mol. The van der Waals surface area contributed by atoms with E-state index in [9.17, 15) is 0 Å². The molecule has 2 heteroatoms.